The van der Waals surface area contributed by atoms with Crippen LogP contribution < -0.4 is 5.32 Å². The standard InChI is InChI=1S/C20H19NO2S/c1-20(2)11-3-4-14-12-15(7-10-17(14)20)18(24)21-16-8-5-13(6-9-16)19(22)23/h3-10,12H,11H2,1-2H3,(H,21,24)(H,22,23). The fraction of sp³-hybridized carbons (Fsp3) is 0.200. The summed E-state index contributed by atoms with van der Waals surface area (Å²) >= 11 is 5.50. The van der Waals surface area contributed by atoms with Gasteiger partial charge in [-0.05, 0) is 53.3 Å². The molecular weight excluding hydrogens is 318 g/mol. The van der Waals surface area contributed by atoms with Crippen LogP contribution in [0.4, 0.5) is 5.69 Å². The number of aromatic carboxylic acids is 1. The van der Waals surface area contributed by atoms with Gasteiger partial charge in [0.15, 0.2) is 0 Å². The Labute approximate surface area is 147 Å². The van der Waals surface area contributed by atoms with E-state index in [1.165, 1.54) is 11.1 Å². The van der Waals surface area contributed by atoms with Crippen molar-refractivity contribution in [3.05, 3.63) is 70.8 Å². The minimum atomic E-state index is -0.937. The molecule has 1 aliphatic rings. The van der Waals surface area contributed by atoms with Crippen molar-refractivity contribution >= 4 is 34.9 Å². The molecule has 2 N–H and O–H groups in total. The lowest BCUT2D eigenvalue weighted by atomic mass is 9.75. The number of thiocarbonyl (C=S) groups is 1. The van der Waals surface area contributed by atoms with Crippen molar-refractivity contribution in [1.29, 1.82) is 0 Å². The molecule has 3 rings (SSSR count). The number of nitrogens with one attached hydrogen (secondary N) is 1. The monoisotopic (exact) mass is 337 g/mol. The Balaban J connectivity index is 1.81. The van der Waals surface area contributed by atoms with Gasteiger partial charge < -0.3 is 10.4 Å². The molecule has 0 bridgehead atoms. The summed E-state index contributed by atoms with van der Waals surface area (Å²) in [7, 11) is 0. The number of rotatable bonds is 3. The molecule has 0 heterocycles. The Hall–Kier alpha value is -2.46. The molecule has 24 heavy (non-hydrogen) atoms. The van der Waals surface area contributed by atoms with Crippen molar-refractivity contribution in [2.45, 2.75) is 25.7 Å². The maximum atomic E-state index is 10.9. The largest absolute Gasteiger partial charge is 0.478 e. The van der Waals surface area contributed by atoms with Gasteiger partial charge in [-0.25, -0.2) is 4.79 Å². The number of hydrogen-bond donors (Lipinski definition) is 2. The van der Waals surface area contributed by atoms with Crippen LogP contribution in [0, 0.1) is 0 Å². The zero-order chi connectivity index (χ0) is 17.3. The minimum absolute atomic E-state index is 0.143. The first-order chi connectivity index (χ1) is 11.4. The molecule has 1 aliphatic carbocycles. The second-order valence-electron chi connectivity index (χ2n) is 6.63. The van der Waals surface area contributed by atoms with E-state index in [9.17, 15) is 4.79 Å². The molecule has 122 valence electrons. The first-order valence-corrected chi connectivity index (χ1v) is 8.23. The van der Waals surface area contributed by atoms with E-state index in [0.29, 0.717) is 4.99 Å². The summed E-state index contributed by atoms with van der Waals surface area (Å²) in [5.74, 6) is -0.937. The molecule has 0 unspecified atom stereocenters. The molecule has 2 aromatic carbocycles. The van der Waals surface area contributed by atoms with E-state index in [0.717, 1.165) is 17.7 Å². The fourth-order valence-electron chi connectivity index (χ4n) is 2.95. The molecule has 0 saturated heterocycles. The lowest BCUT2D eigenvalue weighted by Gasteiger charge is -2.29. The predicted octanol–water partition coefficient (Wildman–Crippen LogP) is 4.87. The van der Waals surface area contributed by atoms with Gasteiger partial charge in [0.25, 0.3) is 0 Å². The fourth-order valence-corrected chi connectivity index (χ4v) is 3.19. The first-order valence-electron chi connectivity index (χ1n) is 7.83. The maximum absolute atomic E-state index is 10.9. The Morgan fingerprint density at radius 3 is 2.46 bits per heavy atom. The van der Waals surface area contributed by atoms with E-state index in [1.54, 1.807) is 24.3 Å². The van der Waals surface area contributed by atoms with Gasteiger partial charge in [-0.15, -0.1) is 0 Å². The van der Waals surface area contributed by atoms with E-state index in [1.807, 2.05) is 6.07 Å². The SMILES string of the molecule is CC1(C)CC=Cc2cc(C(=S)Nc3ccc(C(=O)O)cc3)ccc21. The van der Waals surface area contributed by atoms with Gasteiger partial charge in [0, 0.05) is 11.3 Å². The highest BCUT2D eigenvalue weighted by Crippen LogP contribution is 2.35. The van der Waals surface area contributed by atoms with E-state index < -0.39 is 5.97 Å². The second kappa shape index (κ2) is 6.21. The lowest BCUT2D eigenvalue weighted by molar-refractivity contribution is 0.0697. The third kappa shape index (κ3) is 3.24. The van der Waals surface area contributed by atoms with E-state index >= 15 is 0 Å². The quantitative estimate of drug-likeness (QED) is 0.785. The smallest absolute Gasteiger partial charge is 0.335 e. The summed E-state index contributed by atoms with van der Waals surface area (Å²) in [6.07, 6.45) is 5.39. The zero-order valence-electron chi connectivity index (χ0n) is 13.7. The summed E-state index contributed by atoms with van der Waals surface area (Å²) in [6.45, 7) is 4.49. The van der Waals surface area contributed by atoms with Crippen LogP contribution in [0.5, 0.6) is 0 Å². The molecule has 0 aliphatic heterocycles. The normalized spacial score (nSPS) is 14.8. The highest BCUT2D eigenvalue weighted by molar-refractivity contribution is 7.81. The van der Waals surface area contributed by atoms with Gasteiger partial charge in [-0.3, -0.25) is 0 Å². The zero-order valence-corrected chi connectivity index (χ0v) is 14.5. The Morgan fingerprint density at radius 2 is 1.79 bits per heavy atom. The third-order valence-electron chi connectivity index (χ3n) is 4.36. The molecule has 2 aromatic rings. The molecule has 3 nitrogen and oxygen atoms in total. The van der Waals surface area contributed by atoms with Gasteiger partial charge in [-0.2, -0.15) is 0 Å². The van der Waals surface area contributed by atoms with Crippen LogP contribution in [-0.4, -0.2) is 16.1 Å². The molecule has 0 fully saturated rings. The third-order valence-corrected chi connectivity index (χ3v) is 4.70. The Kier molecular flexibility index (Phi) is 4.24. The number of carbonyl (C=O) groups is 1. The molecule has 0 spiro atoms. The number of fused-ring (bicyclic) bond motifs is 1. The summed E-state index contributed by atoms with van der Waals surface area (Å²) in [5.41, 5.74) is 4.67. The first kappa shape index (κ1) is 16.4. The number of hydrogen-bond acceptors (Lipinski definition) is 2. The van der Waals surface area contributed by atoms with Gasteiger partial charge >= 0.3 is 5.97 Å². The van der Waals surface area contributed by atoms with E-state index in [-0.39, 0.29) is 11.0 Å². The van der Waals surface area contributed by atoms with Crippen molar-refractivity contribution in [2.75, 3.05) is 5.32 Å². The van der Waals surface area contributed by atoms with Crippen LogP contribution in [0.3, 0.4) is 0 Å². The lowest BCUT2D eigenvalue weighted by Crippen LogP contribution is -2.20. The average Bonchev–Trinajstić information content (AvgIpc) is 2.54. The molecule has 0 atom stereocenters. The van der Waals surface area contributed by atoms with Crippen LogP contribution in [-0.2, 0) is 5.41 Å². The van der Waals surface area contributed by atoms with E-state index in [4.69, 9.17) is 17.3 Å². The van der Waals surface area contributed by atoms with Gasteiger partial charge in [-0.1, -0.05) is 50.4 Å². The van der Waals surface area contributed by atoms with Crippen LogP contribution in [0.1, 0.15) is 47.3 Å². The van der Waals surface area contributed by atoms with Crippen LogP contribution in [0.15, 0.2) is 48.5 Å². The van der Waals surface area contributed by atoms with Crippen molar-refractivity contribution in [1.82, 2.24) is 0 Å². The highest BCUT2D eigenvalue weighted by Gasteiger charge is 2.24. The Bertz CT molecular complexity index is 835. The van der Waals surface area contributed by atoms with Crippen LogP contribution in [0.25, 0.3) is 6.08 Å². The summed E-state index contributed by atoms with van der Waals surface area (Å²) in [5, 5.41) is 12.1. The molecule has 0 amide bonds. The predicted molar refractivity (Wildman–Crippen MR) is 102 cm³/mol. The van der Waals surface area contributed by atoms with Crippen molar-refractivity contribution < 1.29 is 9.90 Å². The number of benzene rings is 2. The summed E-state index contributed by atoms with van der Waals surface area (Å²) in [6, 6.07) is 12.9. The minimum Gasteiger partial charge on any atom is -0.478 e. The number of anilines is 1. The second-order valence-corrected chi connectivity index (χ2v) is 7.04. The molecule has 0 radical (unpaired) electrons. The summed E-state index contributed by atoms with van der Waals surface area (Å²) < 4.78 is 0. The van der Waals surface area contributed by atoms with E-state index in [2.05, 4.69) is 43.4 Å². The Morgan fingerprint density at radius 1 is 1.12 bits per heavy atom. The molecular formula is C20H19NO2S. The van der Waals surface area contributed by atoms with Crippen molar-refractivity contribution in [3.63, 3.8) is 0 Å². The number of carboxylic acid groups (broad SMARTS) is 1. The van der Waals surface area contributed by atoms with Crippen molar-refractivity contribution in [2.24, 2.45) is 0 Å². The van der Waals surface area contributed by atoms with Gasteiger partial charge in [0.05, 0.1) is 5.56 Å². The molecule has 0 aromatic heterocycles. The number of carboxylic acids is 1. The van der Waals surface area contributed by atoms with Crippen LogP contribution >= 0.6 is 12.2 Å². The topological polar surface area (TPSA) is 49.3 Å². The number of allylic oxidation sites excluding steroid dienone is 1. The van der Waals surface area contributed by atoms with Gasteiger partial charge in [0.1, 0.15) is 4.99 Å². The average molecular weight is 337 g/mol. The van der Waals surface area contributed by atoms with Crippen LogP contribution in [0.2, 0.25) is 0 Å². The highest BCUT2D eigenvalue weighted by atomic mass is 32.1. The molecule has 0 saturated carbocycles. The maximum Gasteiger partial charge on any atom is 0.335 e. The van der Waals surface area contributed by atoms with Gasteiger partial charge in [0.2, 0.25) is 0 Å². The van der Waals surface area contributed by atoms with Crippen molar-refractivity contribution in [3.8, 4) is 0 Å². The summed E-state index contributed by atoms with van der Waals surface area (Å²) in [4.78, 5) is 11.5. The molecule has 4 heteroatoms.